The van der Waals surface area contributed by atoms with Crippen LogP contribution in [0.4, 0.5) is 0 Å². The zero-order valence-electron chi connectivity index (χ0n) is 5.44. The number of nitrogens with two attached hydrogens (primary N) is 1. The summed E-state index contributed by atoms with van der Waals surface area (Å²) in [6.07, 6.45) is 0. The van der Waals surface area contributed by atoms with Gasteiger partial charge in [-0.3, -0.25) is 0 Å². The number of hydrogen-bond donors (Lipinski definition) is 1. The Bertz CT molecular complexity index is 41.4. The molecule has 0 rings (SSSR count). The molecule has 0 saturated heterocycles. The topological polar surface area (TPSA) is 26.0 Å². The molecule has 44 valence electrons. The highest BCUT2D eigenvalue weighted by atomic mass is 14.5. The molecule has 0 aromatic heterocycles. The van der Waals surface area contributed by atoms with Crippen molar-refractivity contribution in [1.82, 2.24) is 0 Å². The summed E-state index contributed by atoms with van der Waals surface area (Å²) >= 11 is 0. The lowest BCUT2D eigenvalue weighted by molar-refractivity contribution is 0.429. The molecule has 0 fully saturated rings. The molecule has 0 radical (unpaired) electrons. The molecule has 0 aliphatic carbocycles. The molecule has 1 nitrogen and oxygen atoms in total. The van der Waals surface area contributed by atoms with Crippen LogP contribution in [0.3, 0.4) is 0 Å². The van der Waals surface area contributed by atoms with Crippen molar-refractivity contribution in [1.29, 1.82) is 0 Å². The first kappa shape index (κ1) is 6.96. The highest BCUT2D eigenvalue weighted by Crippen LogP contribution is 2.05. The van der Waals surface area contributed by atoms with E-state index in [1.54, 1.807) is 0 Å². The summed E-state index contributed by atoms with van der Waals surface area (Å²) in [6.45, 7) is 7.37. The van der Waals surface area contributed by atoms with E-state index in [4.69, 9.17) is 5.73 Å². The molecule has 0 amide bonds. The predicted octanol–water partition coefficient (Wildman–Crippen LogP) is 1.24. The third kappa shape index (κ3) is 2.63. The maximum absolute atomic E-state index is 5.37. The van der Waals surface area contributed by atoms with Gasteiger partial charge in [0.15, 0.2) is 0 Å². The molecule has 1 heteroatoms. The molecular formula is C6H15N. The van der Waals surface area contributed by atoms with Gasteiger partial charge in [-0.05, 0) is 18.4 Å². The fourth-order valence-corrected chi connectivity index (χ4v) is 0.272. The zero-order chi connectivity index (χ0) is 5.86. The van der Waals surface area contributed by atoms with E-state index >= 15 is 0 Å². The molecule has 0 aromatic carbocycles. The Kier molecular flexibility index (Phi) is 3.01. The molecular weight excluding hydrogens is 86.1 g/mol. The Morgan fingerprint density at radius 3 is 1.71 bits per heavy atom. The van der Waals surface area contributed by atoms with Crippen molar-refractivity contribution in [2.45, 2.75) is 20.8 Å². The normalized spacial score (nSPS) is 15.0. The summed E-state index contributed by atoms with van der Waals surface area (Å²) in [7, 11) is 0. The lowest BCUT2D eigenvalue weighted by Gasteiger charge is -2.10. The van der Waals surface area contributed by atoms with Crippen LogP contribution in [0, 0.1) is 11.8 Å². The Balaban J connectivity index is 3.14. The summed E-state index contributed by atoms with van der Waals surface area (Å²) in [4.78, 5) is 0. The standard InChI is InChI=1S/C6H15N/c1-5(2)6(3)4-7/h5-6H,4,7H2,1-3H3/t6-/m1/s1. The van der Waals surface area contributed by atoms with Crippen molar-refractivity contribution in [3.05, 3.63) is 0 Å². The summed E-state index contributed by atoms with van der Waals surface area (Å²) in [5.74, 6) is 1.42. The fourth-order valence-electron chi connectivity index (χ4n) is 0.272. The summed E-state index contributed by atoms with van der Waals surface area (Å²) in [5, 5.41) is 0. The van der Waals surface area contributed by atoms with Gasteiger partial charge in [0.05, 0.1) is 0 Å². The molecule has 0 bridgehead atoms. The van der Waals surface area contributed by atoms with Crippen LogP contribution in [-0.4, -0.2) is 6.54 Å². The molecule has 0 saturated carbocycles. The van der Waals surface area contributed by atoms with Gasteiger partial charge in [0.25, 0.3) is 0 Å². The van der Waals surface area contributed by atoms with E-state index in [1.165, 1.54) is 0 Å². The van der Waals surface area contributed by atoms with Crippen LogP contribution < -0.4 is 5.73 Å². The van der Waals surface area contributed by atoms with Crippen LogP contribution in [0.2, 0.25) is 0 Å². The first-order valence-corrected chi connectivity index (χ1v) is 2.88. The maximum atomic E-state index is 5.37. The molecule has 2 N–H and O–H groups in total. The van der Waals surface area contributed by atoms with Crippen LogP contribution in [0.25, 0.3) is 0 Å². The van der Waals surface area contributed by atoms with Crippen LogP contribution in [0.5, 0.6) is 0 Å². The van der Waals surface area contributed by atoms with E-state index in [2.05, 4.69) is 20.8 Å². The SMILES string of the molecule is CC(C)[C@H](C)CN. The first-order valence-electron chi connectivity index (χ1n) is 2.88. The van der Waals surface area contributed by atoms with E-state index in [0.29, 0.717) is 5.92 Å². The second-order valence-electron chi connectivity index (χ2n) is 2.46. The minimum Gasteiger partial charge on any atom is -0.330 e. The smallest absolute Gasteiger partial charge is 0.00491 e. The molecule has 0 unspecified atom stereocenters. The first-order chi connectivity index (χ1) is 3.18. The number of hydrogen-bond acceptors (Lipinski definition) is 1. The van der Waals surface area contributed by atoms with Gasteiger partial charge in [-0.2, -0.15) is 0 Å². The van der Waals surface area contributed by atoms with Crippen molar-refractivity contribution in [2.75, 3.05) is 6.54 Å². The van der Waals surface area contributed by atoms with Gasteiger partial charge in [-0.25, -0.2) is 0 Å². The Morgan fingerprint density at radius 2 is 1.71 bits per heavy atom. The van der Waals surface area contributed by atoms with Gasteiger partial charge in [0.1, 0.15) is 0 Å². The van der Waals surface area contributed by atoms with E-state index < -0.39 is 0 Å². The minimum atomic E-state index is 0.681. The Hall–Kier alpha value is -0.0400. The fraction of sp³-hybridized carbons (Fsp3) is 1.00. The average Bonchev–Trinajstić information content (AvgIpc) is 1.65. The summed E-state index contributed by atoms with van der Waals surface area (Å²) in [6, 6.07) is 0. The zero-order valence-corrected chi connectivity index (χ0v) is 5.44. The van der Waals surface area contributed by atoms with Gasteiger partial charge >= 0.3 is 0 Å². The van der Waals surface area contributed by atoms with Crippen LogP contribution in [0.15, 0.2) is 0 Å². The van der Waals surface area contributed by atoms with Crippen molar-refractivity contribution >= 4 is 0 Å². The molecule has 0 heterocycles. The molecule has 0 aliphatic heterocycles. The molecule has 1 atom stereocenters. The van der Waals surface area contributed by atoms with Crippen LogP contribution >= 0.6 is 0 Å². The largest absolute Gasteiger partial charge is 0.330 e. The molecule has 0 spiro atoms. The lowest BCUT2D eigenvalue weighted by Crippen LogP contribution is -2.15. The van der Waals surface area contributed by atoms with Crippen LogP contribution in [-0.2, 0) is 0 Å². The molecule has 0 aromatic rings. The second kappa shape index (κ2) is 3.03. The monoisotopic (exact) mass is 101 g/mol. The van der Waals surface area contributed by atoms with E-state index in [0.717, 1.165) is 12.5 Å². The molecule has 0 aliphatic rings. The van der Waals surface area contributed by atoms with Crippen molar-refractivity contribution < 1.29 is 0 Å². The van der Waals surface area contributed by atoms with E-state index in [1.807, 2.05) is 0 Å². The van der Waals surface area contributed by atoms with Crippen molar-refractivity contribution in [3.63, 3.8) is 0 Å². The van der Waals surface area contributed by atoms with Crippen LogP contribution in [0.1, 0.15) is 20.8 Å². The van der Waals surface area contributed by atoms with Gasteiger partial charge in [0, 0.05) is 0 Å². The lowest BCUT2D eigenvalue weighted by atomic mass is 9.99. The highest BCUT2D eigenvalue weighted by molar-refractivity contribution is 4.55. The highest BCUT2D eigenvalue weighted by Gasteiger charge is 2.01. The number of rotatable bonds is 2. The minimum absolute atomic E-state index is 0.681. The Morgan fingerprint density at radius 1 is 1.29 bits per heavy atom. The van der Waals surface area contributed by atoms with Gasteiger partial charge in [-0.15, -0.1) is 0 Å². The summed E-state index contributed by atoms with van der Waals surface area (Å²) in [5.41, 5.74) is 5.37. The van der Waals surface area contributed by atoms with E-state index in [9.17, 15) is 0 Å². The third-order valence-corrected chi connectivity index (χ3v) is 1.51. The quantitative estimate of drug-likeness (QED) is 0.556. The van der Waals surface area contributed by atoms with E-state index in [-0.39, 0.29) is 0 Å². The van der Waals surface area contributed by atoms with Gasteiger partial charge in [-0.1, -0.05) is 20.8 Å². The van der Waals surface area contributed by atoms with Crippen molar-refractivity contribution in [3.8, 4) is 0 Å². The van der Waals surface area contributed by atoms with Gasteiger partial charge in [0.2, 0.25) is 0 Å². The third-order valence-electron chi connectivity index (χ3n) is 1.51. The second-order valence-corrected chi connectivity index (χ2v) is 2.46. The Labute approximate surface area is 45.9 Å². The van der Waals surface area contributed by atoms with Gasteiger partial charge < -0.3 is 5.73 Å². The average molecular weight is 101 g/mol. The maximum Gasteiger partial charge on any atom is -0.00491 e. The predicted molar refractivity (Wildman–Crippen MR) is 33.1 cm³/mol. The molecule has 7 heavy (non-hydrogen) atoms. The summed E-state index contributed by atoms with van der Waals surface area (Å²) < 4.78 is 0. The van der Waals surface area contributed by atoms with Crippen molar-refractivity contribution in [2.24, 2.45) is 17.6 Å².